The van der Waals surface area contributed by atoms with E-state index < -0.39 is 11.7 Å². The van der Waals surface area contributed by atoms with Crippen LogP contribution in [0.3, 0.4) is 0 Å². The molecule has 5 heteroatoms. The van der Waals surface area contributed by atoms with Crippen molar-refractivity contribution in [3.05, 3.63) is 70.0 Å². The van der Waals surface area contributed by atoms with Crippen molar-refractivity contribution >= 4 is 10.8 Å². The SMILES string of the molecule is Cn1c(-c2cccc(C(F)(F)F)c2)c(C2CC2)c2ccccc2c1=O. The van der Waals surface area contributed by atoms with E-state index in [0.29, 0.717) is 22.6 Å². The van der Waals surface area contributed by atoms with Crippen LogP contribution in [0, 0.1) is 0 Å². The molecule has 3 aromatic rings. The largest absolute Gasteiger partial charge is 0.416 e. The fourth-order valence-corrected chi connectivity index (χ4v) is 3.47. The summed E-state index contributed by atoms with van der Waals surface area (Å²) >= 11 is 0. The Kier molecular flexibility index (Phi) is 3.49. The summed E-state index contributed by atoms with van der Waals surface area (Å²) in [5.74, 6) is 0.293. The molecule has 0 spiro atoms. The Bertz CT molecular complexity index is 1030. The molecule has 0 saturated heterocycles. The van der Waals surface area contributed by atoms with Crippen molar-refractivity contribution in [1.82, 2.24) is 4.57 Å². The molecule has 1 aromatic heterocycles. The van der Waals surface area contributed by atoms with Crippen molar-refractivity contribution in [3.63, 3.8) is 0 Å². The minimum atomic E-state index is -4.41. The predicted molar refractivity (Wildman–Crippen MR) is 91.6 cm³/mol. The molecule has 1 heterocycles. The molecule has 1 aliphatic rings. The Balaban J connectivity index is 2.07. The second kappa shape index (κ2) is 5.48. The lowest BCUT2D eigenvalue weighted by molar-refractivity contribution is -0.137. The van der Waals surface area contributed by atoms with Crippen molar-refractivity contribution in [1.29, 1.82) is 0 Å². The maximum atomic E-state index is 13.1. The van der Waals surface area contributed by atoms with Gasteiger partial charge in [-0.25, -0.2) is 0 Å². The van der Waals surface area contributed by atoms with E-state index in [4.69, 9.17) is 0 Å². The van der Waals surface area contributed by atoms with Crippen LogP contribution in [0.5, 0.6) is 0 Å². The van der Waals surface area contributed by atoms with E-state index in [-0.39, 0.29) is 5.56 Å². The Hall–Kier alpha value is -2.56. The van der Waals surface area contributed by atoms with Gasteiger partial charge in [0.05, 0.1) is 11.3 Å². The number of alkyl halides is 3. The smallest absolute Gasteiger partial charge is 0.310 e. The number of halogens is 3. The van der Waals surface area contributed by atoms with Crippen molar-refractivity contribution in [2.24, 2.45) is 7.05 Å². The van der Waals surface area contributed by atoms with Gasteiger partial charge in [-0.2, -0.15) is 13.2 Å². The van der Waals surface area contributed by atoms with Crippen LogP contribution in [0.25, 0.3) is 22.0 Å². The van der Waals surface area contributed by atoms with Crippen molar-refractivity contribution in [2.75, 3.05) is 0 Å². The molecule has 25 heavy (non-hydrogen) atoms. The first-order valence-electron chi connectivity index (χ1n) is 8.17. The second-order valence-corrected chi connectivity index (χ2v) is 6.52. The Morgan fingerprint density at radius 3 is 2.32 bits per heavy atom. The van der Waals surface area contributed by atoms with E-state index in [0.717, 1.165) is 35.9 Å². The van der Waals surface area contributed by atoms with Crippen LogP contribution in [-0.4, -0.2) is 4.57 Å². The first-order chi connectivity index (χ1) is 11.9. The van der Waals surface area contributed by atoms with Crippen LogP contribution in [-0.2, 0) is 13.2 Å². The van der Waals surface area contributed by atoms with Gasteiger partial charge in [0.1, 0.15) is 0 Å². The van der Waals surface area contributed by atoms with Gasteiger partial charge in [-0.1, -0.05) is 30.3 Å². The molecule has 1 fully saturated rings. The van der Waals surface area contributed by atoms with Gasteiger partial charge in [0.2, 0.25) is 0 Å². The topological polar surface area (TPSA) is 22.0 Å². The number of hydrogen-bond acceptors (Lipinski definition) is 1. The number of fused-ring (bicyclic) bond motifs is 1. The van der Waals surface area contributed by atoms with Crippen LogP contribution in [0.2, 0.25) is 0 Å². The quantitative estimate of drug-likeness (QED) is 0.634. The molecule has 2 aromatic carbocycles. The van der Waals surface area contributed by atoms with Crippen LogP contribution < -0.4 is 5.56 Å². The molecule has 0 atom stereocenters. The monoisotopic (exact) mass is 343 g/mol. The van der Waals surface area contributed by atoms with Gasteiger partial charge in [-0.15, -0.1) is 0 Å². The summed E-state index contributed by atoms with van der Waals surface area (Å²) in [7, 11) is 1.64. The van der Waals surface area contributed by atoms with Gasteiger partial charge >= 0.3 is 6.18 Å². The molecule has 2 nitrogen and oxygen atoms in total. The van der Waals surface area contributed by atoms with Gasteiger partial charge in [-0.05, 0) is 53.5 Å². The van der Waals surface area contributed by atoms with Gasteiger partial charge < -0.3 is 4.57 Å². The molecule has 0 unspecified atom stereocenters. The molecule has 0 aliphatic heterocycles. The zero-order valence-corrected chi connectivity index (χ0v) is 13.6. The summed E-state index contributed by atoms with van der Waals surface area (Å²) < 4.78 is 40.8. The van der Waals surface area contributed by atoms with E-state index in [9.17, 15) is 18.0 Å². The molecule has 1 saturated carbocycles. The molecule has 0 amide bonds. The lowest BCUT2D eigenvalue weighted by Gasteiger charge is -2.18. The van der Waals surface area contributed by atoms with E-state index in [1.54, 1.807) is 19.2 Å². The molecule has 0 radical (unpaired) electrons. The number of rotatable bonds is 2. The molecular formula is C20H16F3NO. The molecule has 4 rings (SSSR count). The zero-order valence-electron chi connectivity index (χ0n) is 13.6. The Morgan fingerprint density at radius 2 is 1.68 bits per heavy atom. The summed E-state index contributed by atoms with van der Waals surface area (Å²) in [6.45, 7) is 0. The minimum absolute atomic E-state index is 0.188. The van der Waals surface area contributed by atoms with E-state index >= 15 is 0 Å². The third kappa shape index (κ3) is 2.64. The highest BCUT2D eigenvalue weighted by atomic mass is 19.4. The van der Waals surface area contributed by atoms with Crippen molar-refractivity contribution in [3.8, 4) is 11.3 Å². The highest BCUT2D eigenvalue weighted by molar-refractivity contribution is 5.91. The average Bonchev–Trinajstić information content (AvgIpc) is 3.42. The first kappa shape index (κ1) is 15.9. The molecule has 0 N–H and O–H groups in total. The number of benzene rings is 2. The number of pyridine rings is 1. The normalized spacial score (nSPS) is 14.9. The third-order valence-corrected chi connectivity index (χ3v) is 4.79. The number of nitrogens with zero attached hydrogens (tertiary/aromatic N) is 1. The number of hydrogen-bond donors (Lipinski definition) is 0. The van der Waals surface area contributed by atoms with Gasteiger partial charge in [0.15, 0.2) is 0 Å². The van der Waals surface area contributed by atoms with E-state index in [1.807, 2.05) is 18.2 Å². The van der Waals surface area contributed by atoms with Gasteiger partial charge in [0, 0.05) is 12.4 Å². The Morgan fingerprint density at radius 1 is 1.00 bits per heavy atom. The van der Waals surface area contributed by atoms with E-state index in [1.165, 1.54) is 10.6 Å². The van der Waals surface area contributed by atoms with Crippen LogP contribution >= 0.6 is 0 Å². The summed E-state index contributed by atoms with van der Waals surface area (Å²) in [5.41, 5.74) is 1.12. The fourth-order valence-electron chi connectivity index (χ4n) is 3.47. The van der Waals surface area contributed by atoms with Crippen molar-refractivity contribution in [2.45, 2.75) is 24.9 Å². The lowest BCUT2D eigenvalue weighted by atomic mass is 9.95. The molecular weight excluding hydrogens is 327 g/mol. The van der Waals surface area contributed by atoms with Gasteiger partial charge in [0.25, 0.3) is 5.56 Å². The summed E-state index contributed by atoms with van der Waals surface area (Å²) in [6, 6.07) is 12.6. The lowest BCUT2D eigenvalue weighted by Crippen LogP contribution is -2.21. The molecule has 128 valence electrons. The standard InChI is InChI=1S/C20H16F3NO/c1-24-18(13-5-4-6-14(11-13)20(21,22)23)17(12-9-10-12)15-7-2-3-8-16(15)19(24)25/h2-8,11-12H,9-10H2,1H3. The van der Waals surface area contributed by atoms with Crippen LogP contribution in [0.1, 0.15) is 29.9 Å². The average molecular weight is 343 g/mol. The maximum absolute atomic E-state index is 13.1. The molecule has 0 bridgehead atoms. The minimum Gasteiger partial charge on any atom is -0.310 e. The second-order valence-electron chi connectivity index (χ2n) is 6.52. The van der Waals surface area contributed by atoms with E-state index in [2.05, 4.69) is 0 Å². The molecule has 1 aliphatic carbocycles. The maximum Gasteiger partial charge on any atom is 0.416 e. The van der Waals surface area contributed by atoms with Crippen LogP contribution in [0.15, 0.2) is 53.3 Å². The fraction of sp³-hybridized carbons (Fsp3) is 0.250. The first-order valence-corrected chi connectivity index (χ1v) is 8.17. The summed E-state index contributed by atoms with van der Waals surface area (Å²) in [5, 5.41) is 1.46. The Labute approximate surface area is 142 Å². The van der Waals surface area contributed by atoms with Gasteiger partial charge in [-0.3, -0.25) is 4.79 Å². The zero-order chi connectivity index (χ0) is 17.8. The van der Waals surface area contributed by atoms with Crippen LogP contribution in [0.4, 0.5) is 13.2 Å². The highest BCUT2D eigenvalue weighted by Crippen LogP contribution is 2.47. The summed E-state index contributed by atoms with van der Waals surface area (Å²) in [4.78, 5) is 12.7. The van der Waals surface area contributed by atoms with Crippen molar-refractivity contribution < 1.29 is 13.2 Å². The number of aromatic nitrogens is 1. The highest BCUT2D eigenvalue weighted by Gasteiger charge is 2.33. The summed E-state index contributed by atoms with van der Waals surface area (Å²) in [6.07, 6.45) is -2.42. The third-order valence-electron chi connectivity index (χ3n) is 4.79. The predicted octanol–water partition coefficient (Wildman–Crippen LogP) is 5.10.